The molecule has 4 aromatic heterocycles. The van der Waals surface area contributed by atoms with Gasteiger partial charge in [-0.05, 0) is 110 Å². The summed E-state index contributed by atoms with van der Waals surface area (Å²) in [6.45, 7) is 9.00. The van der Waals surface area contributed by atoms with Crippen LogP contribution in [0.1, 0.15) is 55.9 Å². The van der Waals surface area contributed by atoms with Crippen molar-refractivity contribution in [2.75, 3.05) is 19.6 Å². The third-order valence-electron chi connectivity index (χ3n) is 11.9. The van der Waals surface area contributed by atoms with E-state index in [1.807, 2.05) is 93.5 Å². The smallest absolute Gasteiger partial charge is 0.210 e. The average molecular weight is 771 g/mol. The monoisotopic (exact) mass is 770 g/mol. The largest absolute Gasteiger partial charge is 0.329 e. The number of halogens is 2. The van der Waals surface area contributed by atoms with Crippen LogP contribution in [-0.2, 0) is 23.2 Å². The van der Waals surface area contributed by atoms with Gasteiger partial charge in [-0.25, -0.2) is 8.78 Å². The van der Waals surface area contributed by atoms with Crippen LogP contribution in [0.5, 0.6) is 0 Å². The summed E-state index contributed by atoms with van der Waals surface area (Å²) < 4.78 is 35.4. The van der Waals surface area contributed by atoms with Gasteiger partial charge in [0.15, 0.2) is 0 Å². The van der Waals surface area contributed by atoms with Crippen molar-refractivity contribution in [1.82, 2.24) is 29.3 Å². The molecule has 1 aliphatic heterocycles. The fraction of sp³-hybridized carbons (Fsp3) is 0.204. The van der Waals surface area contributed by atoms with E-state index in [9.17, 15) is 4.79 Å². The summed E-state index contributed by atoms with van der Waals surface area (Å²) >= 11 is 0. The molecule has 9 rings (SSSR count). The SMILES string of the molecule is Cc1cnc2c(C3(c4c(Cc5cccc(F)c5C)n(-c5ccccc5)c5cc(C)cnc45)CNCCN3C=O)c(Cc3cccc(F)c3C)n(-c3ccccc3)c2c1. The molecule has 7 nitrogen and oxygen atoms in total. The lowest BCUT2D eigenvalue weighted by Gasteiger charge is -2.47. The molecule has 1 saturated heterocycles. The number of nitrogens with one attached hydrogen (secondary N) is 1. The number of carbonyl (C=O) groups is 1. The second-order valence-corrected chi connectivity index (χ2v) is 15.5. The average Bonchev–Trinajstić information content (AvgIpc) is 3.73. The van der Waals surface area contributed by atoms with Crippen LogP contribution >= 0.6 is 0 Å². The lowest BCUT2D eigenvalue weighted by Crippen LogP contribution is -2.59. The molecule has 1 amide bonds. The van der Waals surface area contributed by atoms with E-state index in [2.05, 4.69) is 50.8 Å². The minimum Gasteiger partial charge on any atom is -0.329 e. The first-order chi connectivity index (χ1) is 28.2. The fourth-order valence-electron chi connectivity index (χ4n) is 9.11. The van der Waals surface area contributed by atoms with Crippen molar-refractivity contribution < 1.29 is 13.6 Å². The molecule has 1 aliphatic rings. The van der Waals surface area contributed by atoms with E-state index in [1.54, 1.807) is 12.1 Å². The Bertz CT molecular complexity index is 2660. The first-order valence-electron chi connectivity index (χ1n) is 19.7. The van der Waals surface area contributed by atoms with Crippen LogP contribution in [0.3, 0.4) is 0 Å². The van der Waals surface area contributed by atoms with E-state index < -0.39 is 5.54 Å². The molecule has 0 bridgehead atoms. The maximum atomic E-state index is 15.4. The number of hydrogen-bond donors (Lipinski definition) is 1. The highest BCUT2D eigenvalue weighted by Crippen LogP contribution is 2.49. The number of hydrogen-bond acceptors (Lipinski definition) is 4. The Kier molecular flexibility index (Phi) is 9.48. The van der Waals surface area contributed by atoms with Crippen molar-refractivity contribution in [3.63, 3.8) is 0 Å². The van der Waals surface area contributed by atoms with Crippen LogP contribution in [0, 0.1) is 39.3 Å². The third kappa shape index (κ3) is 6.00. The van der Waals surface area contributed by atoms with Gasteiger partial charge in [0.2, 0.25) is 6.41 Å². The molecule has 0 saturated carbocycles. The summed E-state index contributed by atoms with van der Waals surface area (Å²) in [5.74, 6) is -0.561. The van der Waals surface area contributed by atoms with Crippen molar-refractivity contribution in [3.05, 3.63) is 189 Å². The molecule has 5 heterocycles. The normalized spacial score (nSPS) is 14.1. The summed E-state index contributed by atoms with van der Waals surface area (Å²) in [7, 11) is 0. The van der Waals surface area contributed by atoms with Crippen LogP contribution in [-0.4, -0.2) is 50.0 Å². The van der Waals surface area contributed by atoms with Crippen LogP contribution in [0.2, 0.25) is 0 Å². The molecule has 0 atom stereocenters. The Morgan fingerprint density at radius 2 is 1.12 bits per heavy atom. The first-order valence-corrected chi connectivity index (χ1v) is 19.7. The van der Waals surface area contributed by atoms with Crippen molar-refractivity contribution in [2.24, 2.45) is 0 Å². The van der Waals surface area contributed by atoms with Gasteiger partial charge in [0.1, 0.15) is 17.2 Å². The Hall–Kier alpha value is -6.45. The van der Waals surface area contributed by atoms with E-state index in [0.717, 1.165) is 84.6 Å². The quantitative estimate of drug-likeness (QED) is 0.149. The fourth-order valence-corrected chi connectivity index (χ4v) is 9.11. The molecule has 0 unspecified atom stereocenters. The van der Waals surface area contributed by atoms with Crippen molar-refractivity contribution in [1.29, 1.82) is 0 Å². The predicted octanol–water partition coefficient (Wildman–Crippen LogP) is 9.36. The van der Waals surface area contributed by atoms with E-state index in [4.69, 9.17) is 9.97 Å². The molecule has 4 aromatic carbocycles. The second-order valence-electron chi connectivity index (χ2n) is 15.5. The number of piperazine rings is 1. The van der Waals surface area contributed by atoms with Gasteiger partial charge < -0.3 is 19.4 Å². The van der Waals surface area contributed by atoms with Crippen LogP contribution < -0.4 is 5.32 Å². The second kappa shape index (κ2) is 14.8. The highest BCUT2D eigenvalue weighted by molar-refractivity contribution is 5.92. The van der Waals surface area contributed by atoms with E-state index in [1.165, 1.54) is 12.1 Å². The van der Waals surface area contributed by atoms with E-state index in [0.29, 0.717) is 43.6 Å². The van der Waals surface area contributed by atoms with Crippen molar-refractivity contribution in [2.45, 2.75) is 46.1 Å². The van der Waals surface area contributed by atoms with Gasteiger partial charge >= 0.3 is 0 Å². The van der Waals surface area contributed by atoms with Gasteiger partial charge in [0, 0.05) is 78.8 Å². The Morgan fingerprint density at radius 1 is 0.655 bits per heavy atom. The Morgan fingerprint density at radius 3 is 1.57 bits per heavy atom. The number of benzene rings is 4. The van der Waals surface area contributed by atoms with Crippen molar-refractivity contribution >= 4 is 28.5 Å². The Balaban J connectivity index is 1.50. The van der Waals surface area contributed by atoms with Gasteiger partial charge in [0.05, 0.1) is 22.1 Å². The molecule has 290 valence electrons. The lowest BCUT2D eigenvalue weighted by molar-refractivity contribution is -0.124. The maximum Gasteiger partial charge on any atom is 0.210 e. The summed E-state index contributed by atoms with van der Waals surface area (Å²) in [6.07, 6.45) is 5.40. The number of fused-ring (bicyclic) bond motifs is 2. The Labute approximate surface area is 336 Å². The minimum absolute atomic E-state index is 0.280. The molecule has 8 aromatic rings. The zero-order valence-corrected chi connectivity index (χ0v) is 33.1. The van der Waals surface area contributed by atoms with Gasteiger partial charge in [-0.3, -0.25) is 14.8 Å². The molecule has 0 spiro atoms. The number of rotatable bonds is 9. The van der Waals surface area contributed by atoms with Gasteiger partial charge in [-0.15, -0.1) is 0 Å². The molecule has 1 N–H and O–H groups in total. The zero-order chi connectivity index (χ0) is 40.1. The topological polar surface area (TPSA) is 68.0 Å². The molecule has 0 aliphatic carbocycles. The third-order valence-corrected chi connectivity index (χ3v) is 11.9. The number of aryl methyl sites for hydroxylation is 2. The summed E-state index contributed by atoms with van der Waals surface area (Å²) in [6, 6.07) is 35.0. The number of carbonyl (C=O) groups excluding carboxylic acids is 1. The predicted molar refractivity (Wildman–Crippen MR) is 226 cm³/mol. The first kappa shape index (κ1) is 37.1. The van der Waals surface area contributed by atoms with Gasteiger partial charge in [-0.1, -0.05) is 60.7 Å². The summed E-state index contributed by atoms with van der Waals surface area (Å²) in [5.41, 5.74) is 12.0. The number of pyridine rings is 2. The van der Waals surface area contributed by atoms with Crippen LogP contribution in [0.4, 0.5) is 8.78 Å². The molecular weight excluding hydrogens is 727 g/mol. The molecule has 9 heteroatoms. The molecule has 0 radical (unpaired) electrons. The maximum absolute atomic E-state index is 15.4. The number of aromatic nitrogens is 4. The number of amides is 1. The highest BCUT2D eigenvalue weighted by atomic mass is 19.1. The van der Waals surface area contributed by atoms with Crippen LogP contribution in [0.15, 0.2) is 122 Å². The zero-order valence-electron chi connectivity index (χ0n) is 33.1. The molecule has 1 fully saturated rings. The number of para-hydroxylation sites is 2. The summed E-state index contributed by atoms with van der Waals surface area (Å²) in [4.78, 5) is 26.3. The minimum atomic E-state index is -1.20. The summed E-state index contributed by atoms with van der Waals surface area (Å²) in [5, 5.41) is 3.72. The van der Waals surface area contributed by atoms with Crippen molar-refractivity contribution in [3.8, 4) is 11.4 Å². The number of nitrogens with zero attached hydrogens (tertiary/aromatic N) is 5. The van der Waals surface area contributed by atoms with Crippen LogP contribution in [0.25, 0.3) is 33.4 Å². The van der Waals surface area contributed by atoms with E-state index >= 15 is 8.78 Å². The molecule has 58 heavy (non-hydrogen) atoms. The highest BCUT2D eigenvalue weighted by Gasteiger charge is 2.50. The standard InChI is InChI=1S/C49H44F2N6O/c1-31-23-43-47(53-27-31)45(41(56(43)37-15-7-5-8-16-37)25-35-13-11-19-39(50)33(35)3)49(29-52-21-22-55(49)30-58)46-42(26-36-14-12-20-40(51)34(36)4)57(38-17-9-6-10-18-38)44-24-32(2)28-54-48(44)46/h5-20,23-24,27-28,30,52H,21-22,25-26,29H2,1-4H3. The lowest BCUT2D eigenvalue weighted by atomic mass is 9.76. The van der Waals surface area contributed by atoms with E-state index in [-0.39, 0.29) is 11.6 Å². The van der Waals surface area contributed by atoms with Gasteiger partial charge in [0.25, 0.3) is 0 Å². The molecular formula is C49H44F2N6O. The van der Waals surface area contributed by atoms with Gasteiger partial charge in [-0.2, -0.15) is 0 Å².